The van der Waals surface area contributed by atoms with Crippen LogP contribution < -0.4 is 10.2 Å². The van der Waals surface area contributed by atoms with Crippen LogP contribution in [0.1, 0.15) is 5.56 Å². The predicted octanol–water partition coefficient (Wildman–Crippen LogP) is 3.73. The number of benzene rings is 2. The van der Waals surface area contributed by atoms with E-state index in [0.717, 1.165) is 42.7 Å². The third kappa shape index (κ3) is 3.97. The van der Waals surface area contributed by atoms with E-state index in [-0.39, 0.29) is 0 Å². The Balaban J connectivity index is 1.56. The molecule has 0 radical (unpaired) electrons. The number of thiocarbonyl (C=S) groups is 1. The molecule has 0 unspecified atom stereocenters. The van der Waals surface area contributed by atoms with Gasteiger partial charge in [-0.1, -0.05) is 17.7 Å². The van der Waals surface area contributed by atoms with Crippen LogP contribution in [0.2, 0.25) is 5.02 Å². The van der Waals surface area contributed by atoms with E-state index in [9.17, 15) is 0 Å². The van der Waals surface area contributed by atoms with Gasteiger partial charge in [0.15, 0.2) is 5.11 Å². The summed E-state index contributed by atoms with van der Waals surface area (Å²) in [5.41, 5.74) is 2.73. The molecule has 0 aromatic heterocycles. The van der Waals surface area contributed by atoms with Crippen molar-refractivity contribution in [2.75, 3.05) is 36.4 Å². The number of nitriles is 1. The van der Waals surface area contributed by atoms with Crippen LogP contribution in [0, 0.1) is 11.3 Å². The lowest BCUT2D eigenvalue weighted by atomic mass is 10.2. The SMILES string of the molecule is N#Cc1ccc(N2CCN(C(=S)Nc3cccc(Cl)c3)CC2)cc1. The number of nitrogens with zero attached hydrogens (tertiary/aromatic N) is 3. The first kappa shape index (κ1) is 16.6. The van der Waals surface area contributed by atoms with Crippen LogP contribution in [0.5, 0.6) is 0 Å². The van der Waals surface area contributed by atoms with Crippen molar-refractivity contribution < 1.29 is 0 Å². The maximum Gasteiger partial charge on any atom is 0.173 e. The van der Waals surface area contributed by atoms with Gasteiger partial charge < -0.3 is 15.1 Å². The van der Waals surface area contributed by atoms with E-state index in [4.69, 9.17) is 29.1 Å². The molecule has 1 N–H and O–H groups in total. The summed E-state index contributed by atoms with van der Waals surface area (Å²) < 4.78 is 0. The summed E-state index contributed by atoms with van der Waals surface area (Å²) in [6, 6.07) is 17.4. The first-order valence-electron chi connectivity index (χ1n) is 7.72. The van der Waals surface area contributed by atoms with Gasteiger partial charge in [-0.05, 0) is 54.7 Å². The van der Waals surface area contributed by atoms with Crippen LogP contribution in [-0.4, -0.2) is 36.2 Å². The molecule has 0 aliphatic carbocycles. The van der Waals surface area contributed by atoms with Crippen LogP contribution >= 0.6 is 23.8 Å². The molecule has 3 rings (SSSR count). The molecule has 24 heavy (non-hydrogen) atoms. The van der Waals surface area contributed by atoms with Gasteiger partial charge in [0, 0.05) is 42.6 Å². The number of hydrogen-bond acceptors (Lipinski definition) is 3. The number of rotatable bonds is 2. The third-order valence-electron chi connectivity index (χ3n) is 4.00. The molecule has 0 spiro atoms. The van der Waals surface area contributed by atoms with Crippen molar-refractivity contribution in [2.45, 2.75) is 0 Å². The van der Waals surface area contributed by atoms with Crippen LogP contribution in [0.4, 0.5) is 11.4 Å². The van der Waals surface area contributed by atoms with Crippen molar-refractivity contribution in [1.82, 2.24) is 4.90 Å². The molecule has 6 heteroatoms. The Hall–Kier alpha value is -2.29. The minimum atomic E-state index is 0.685. The maximum absolute atomic E-state index is 8.87. The summed E-state index contributed by atoms with van der Waals surface area (Å²) in [5, 5.41) is 13.5. The van der Waals surface area contributed by atoms with Gasteiger partial charge in [-0.15, -0.1) is 0 Å². The summed E-state index contributed by atoms with van der Waals surface area (Å²) >= 11 is 11.5. The molecular formula is C18H17ClN4S. The lowest BCUT2D eigenvalue weighted by Crippen LogP contribution is -2.50. The Morgan fingerprint density at radius 2 is 1.79 bits per heavy atom. The Morgan fingerprint density at radius 1 is 1.08 bits per heavy atom. The van der Waals surface area contributed by atoms with Crippen molar-refractivity contribution in [3.05, 3.63) is 59.1 Å². The Labute approximate surface area is 152 Å². The van der Waals surface area contributed by atoms with Gasteiger partial charge in [-0.2, -0.15) is 5.26 Å². The second kappa shape index (κ2) is 7.52. The van der Waals surface area contributed by atoms with Crippen molar-refractivity contribution in [3.63, 3.8) is 0 Å². The first-order chi connectivity index (χ1) is 11.7. The highest BCUT2D eigenvalue weighted by molar-refractivity contribution is 7.80. The molecule has 1 aliphatic heterocycles. The highest BCUT2D eigenvalue weighted by Gasteiger charge is 2.19. The molecule has 122 valence electrons. The largest absolute Gasteiger partial charge is 0.368 e. The molecule has 2 aromatic carbocycles. The van der Waals surface area contributed by atoms with E-state index < -0.39 is 0 Å². The molecule has 0 amide bonds. The molecule has 0 saturated carbocycles. The Kier molecular flexibility index (Phi) is 5.19. The predicted molar refractivity (Wildman–Crippen MR) is 103 cm³/mol. The zero-order chi connectivity index (χ0) is 16.9. The summed E-state index contributed by atoms with van der Waals surface area (Å²) in [4.78, 5) is 4.47. The second-order valence-corrected chi connectivity index (χ2v) is 6.40. The zero-order valence-electron chi connectivity index (χ0n) is 13.1. The minimum Gasteiger partial charge on any atom is -0.368 e. The quantitative estimate of drug-likeness (QED) is 0.830. The summed E-state index contributed by atoms with van der Waals surface area (Å²) in [6.07, 6.45) is 0. The number of hydrogen-bond donors (Lipinski definition) is 1. The zero-order valence-corrected chi connectivity index (χ0v) is 14.6. The van der Waals surface area contributed by atoms with Gasteiger partial charge in [0.2, 0.25) is 0 Å². The van der Waals surface area contributed by atoms with Gasteiger partial charge in [0.25, 0.3) is 0 Å². The Morgan fingerprint density at radius 3 is 2.42 bits per heavy atom. The van der Waals surface area contributed by atoms with Crippen molar-refractivity contribution in [3.8, 4) is 6.07 Å². The standard InChI is InChI=1S/C18H17ClN4S/c19-15-2-1-3-16(12-15)21-18(24)23-10-8-22(9-11-23)17-6-4-14(13-20)5-7-17/h1-7,12H,8-11H2,(H,21,24). The number of nitrogens with one attached hydrogen (secondary N) is 1. The van der Waals surface area contributed by atoms with Gasteiger partial charge in [0.05, 0.1) is 11.6 Å². The molecule has 1 heterocycles. The third-order valence-corrected chi connectivity index (χ3v) is 4.60. The van der Waals surface area contributed by atoms with Crippen LogP contribution in [-0.2, 0) is 0 Å². The van der Waals surface area contributed by atoms with E-state index in [2.05, 4.69) is 21.2 Å². The smallest absolute Gasteiger partial charge is 0.173 e. The molecule has 1 fully saturated rings. The first-order valence-corrected chi connectivity index (χ1v) is 8.51. The topological polar surface area (TPSA) is 42.3 Å². The van der Waals surface area contributed by atoms with Crippen LogP contribution in [0.3, 0.4) is 0 Å². The van der Waals surface area contributed by atoms with E-state index >= 15 is 0 Å². The van der Waals surface area contributed by atoms with Gasteiger partial charge >= 0.3 is 0 Å². The van der Waals surface area contributed by atoms with Gasteiger partial charge in [-0.3, -0.25) is 0 Å². The Bertz CT molecular complexity index is 761. The van der Waals surface area contributed by atoms with Crippen LogP contribution in [0.15, 0.2) is 48.5 Å². The highest BCUT2D eigenvalue weighted by atomic mass is 35.5. The molecule has 0 bridgehead atoms. The molecule has 1 saturated heterocycles. The van der Waals surface area contributed by atoms with E-state index in [0.29, 0.717) is 10.6 Å². The van der Waals surface area contributed by atoms with Gasteiger partial charge in [-0.25, -0.2) is 0 Å². The molecular weight excluding hydrogens is 340 g/mol. The molecule has 1 aliphatic rings. The number of piperazine rings is 1. The van der Waals surface area contributed by atoms with Gasteiger partial charge in [0.1, 0.15) is 0 Å². The fourth-order valence-electron chi connectivity index (χ4n) is 2.68. The monoisotopic (exact) mass is 356 g/mol. The summed E-state index contributed by atoms with van der Waals surface area (Å²) in [6.45, 7) is 3.49. The maximum atomic E-state index is 8.87. The average molecular weight is 357 g/mol. The van der Waals surface area contributed by atoms with E-state index in [1.807, 2.05) is 48.5 Å². The minimum absolute atomic E-state index is 0.685. The van der Waals surface area contributed by atoms with E-state index in [1.165, 1.54) is 0 Å². The normalized spacial score (nSPS) is 14.2. The summed E-state index contributed by atoms with van der Waals surface area (Å²) in [5.74, 6) is 0. The number of anilines is 2. The van der Waals surface area contributed by atoms with Crippen molar-refractivity contribution in [2.24, 2.45) is 0 Å². The number of halogens is 1. The molecule has 2 aromatic rings. The fourth-order valence-corrected chi connectivity index (χ4v) is 3.17. The molecule has 0 atom stereocenters. The average Bonchev–Trinajstić information content (AvgIpc) is 2.62. The van der Waals surface area contributed by atoms with E-state index in [1.54, 1.807) is 0 Å². The lowest BCUT2D eigenvalue weighted by molar-refractivity contribution is 0.391. The fraction of sp³-hybridized carbons (Fsp3) is 0.222. The molecule has 4 nitrogen and oxygen atoms in total. The second-order valence-electron chi connectivity index (χ2n) is 5.57. The lowest BCUT2D eigenvalue weighted by Gasteiger charge is -2.37. The van der Waals surface area contributed by atoms with Crippen LogP contribution in [0.25, 0.3) is 0 Å². The van der Waals surface area contributed by atoms with Crippen molar-refractivity contribution >= 4 is 40.3 Å². The van der Waals surface area contributed by atoms with Crippen molar-refractivity contribution in [1.29, 1.82) is 5.26 Å². The highest BCUT2D eigenvalue weighted by Crippen LogP contribution is 2.19. The summed E-state index contributed by atoms with van der Waals surface area (Å²) in [7, 11) is 0.